The summed E-state index contributed by atoms with van der Waals surface area (Å²) in [6.45, 7) is 5.46. The summed E-state index contributed by atoms with van der Waals surface area (Å²) in [4.78, 5) is 28.7. The predicted octanol–water partition coefficient (Wildman–Crippen LogP) is 4.29. The van der Waals surface area contributed by atoms with E-state index in [1.165, 1.54) is 0 Å². The van der Waals surface area contributed by atoms with Crippen LogP contribution in [0.1, 0.15) is 56.4 Å². The van der Waals surface area contributed by atoms with E-state index in [2.05, 4.69) is 4.98 Å². The number of rotatable bonds is 6. The number of pyridine rings is 1. The maximum Gasteiger partial charge on any atom is 0.344 e. The average Bonchev–Trinajstić information content (AvgIpc) is 2.63. The molecule has 0 spiro atoms. The van der Waals surface area contributed by atoms with E-state index in [1.807, 2.05) is 30.3 Å². The smallest absolute Gasteiger partial charge is 0.344 e. The van der Waals surface area contributed by atoms with Crippen molar-refractivity contribution in [3.8, 4) is 0 Å². The van der Waals surface area contributed by atoms with E-state index >= 15 is 0 Å². The first kappa shape index (κ1) is 21.0. The SMILES string of the molecule is CC(C)(C)OC(=O)Cc1cccnc1C1CC(F)(C(=O)OCc2ccccc2)C1. The van der Waals surface area contributed by atoms with Gasteiger partial charge in [-0.25, -0.2) is 9.18 Å². The molecule has 1 saturated carbocycles. The molecule has 1 aromatic heterocycles. The summed E-state index contributed by atoms with van der Waals surface area (Å²) in [6, 6.07) is 12.7. The number of carbonyl (C=O) groups excluding carboxylic acids is 2. The van der Waals surface area contributed by atoms with Gasteiger partial charge in [-0.15, -0.1) is 0 Å². The molecule has 29 heavy (non-hydrogen) atoms. The number of ether oxygens (including phenoxy) is 2. The lowest BCUT2D eigenvalue weighted by Crippen LogP contribution is -2.47. The molecule has 1 aliphatic carbocycles. The third kappa shape index (κ3) is 5.40. The van der Waals surface area contributed by atoms with Crippen molar-refractivity contribution in [3.63, 3.8) is 0 Å². The molecule has 0 atom stereocenters. The highest BCUT2D eigenvalue weighted by atomic mass is 19.1. The van der Waals surface area contributed by atoms with Crippen LogP contribution in [0.4, 0.5) is 4.39 Å². The minimum Gasteiger partial charge on any atom is -0.460 e. The van der Waals surface area contributed by atoms with Crippen molar-refractivity contribution in [1.29, 1.82) is 0 Å². The Morgan fingerprint density at radius 1 is 1.14 bits per heavy atom. The minimum absolute atomic E-state index is 0.00104. The Bertz CT molecular complexity index is 870. The molecule has 5 nitrogen and oxygen atoms in total. The molecule has 0 N–H and O–H groups in total. The molecule has 1 aliphatic rings. The molecule has 2 aromatic rings. The summed E-state index contributed by atoms with van der Waals surface area (Å²) >= 11 is 0. The van der Waals surface area contributed by atoms with Gasteiger partial charge in [-0.2, -0.15) is 0 Å². The highest BCUT2D eigenvalue weighted by molar-refractivity contribution is 5.81. The zero-order valence-electron chi connectivity index (χ0n) is 17.0. The monoisotopic (exact) mass is 399 g/mol. The molecule has 3 rings (SSSR count). The first-order valence-electron chi connectivity index (χ1n) is 9.72. The second kappa shape index (κ2) is 8.31. The number of halogens is 1. The molecular formula is C23H26FNO4. The number of hydrogen-bond acceptors (Lipinski definition) is 5. The van der Waals surface area contributed by atoms with Crippen LogP contribution >= 0.6 is 0 Å². The summed E-state index contributed by atoms with van der Waals surface area (Å²) in [7, 11) is 0. The van der Waals surface area contributed by atoms with Crippen molar-refractivity contribution in [2.45, 2.75) is 63.8 Å². The lowest BCUT2D eigenvalue weighted by Gasteiger charge is -2.39. The molecule has 1 aromatic carbocycles. The van der Waals surface area contributed by atoms with E-state index in [0.29, 0.717) is 11.3 Å². The second-order valence-electron chi connectivity index (χ2n) is 8.44. The van der Waals surface area contributed by atoms with Crippen molar-refractivity contribution in [2.24, 2.45) is 0 Å². The van der Waals surface area contributed by atoms with Crippen LogP contribution in [0.2, 0.25) is 0 Å². The van der Waals surface area contributed by atoms with Crippen LogP contribution in [0, 0.1) is 0 Å². The fraction of sp³-hybridized carbons (Fsp3) is 0.435. The standard InChI is InChI=1S/C23H26FNO4/c1-22(2,3)29-19(26)12-17-10-7-11-25-20(17)18-13-23(24,14-18)21(27)28-15-16-8-5-4-6-9-16/h4-11,18H,12-15H2,1-3H3. The summed E-state index contributed by atoms with van der Waals surface area (Å²) in [5, 5.41) is 0. The van der Waals surface area contributed by atoms with Gasteiger partial charge in [-0.1, -0.05) is 36.4 Å². The average molecular weight is 399 g/mol. The van der Waals surface area contributed by atoms with Gasteiger partial charge in [0.2, 0.25) is 5.67 Å². The molecule has 154 valence electrons. The highest BCUT2D eigenvalue weighted by Crippen LogP contribution is 2.48. The van der Waals surface area contributed by atoms with Crippen molar-refractivity contribution in [2.75, 3.05) is 0 Å². The predicted molar refractivity (Wildman–Crippen MR) is 106 cm³/mol. The van der Waals surface area contributed by atoms with E-state index in [1.54, 1.807) is 39.1 Å². The zero-order valence-corrected chi connectivity index (χ0v) is 17.0. The second-order valence-corrected chi connectivity index (χ2v) is 8.44. The van der Waals surface area contributed by atoms with Crippen LogP contribution in [-0.2, 0) is 32.1 Å². The van der Waals surface area contributed by atoms with Crippen molar-refractivity contribution < 1.29 is 23.5 Å². The molecular weight excluding hydrogens is 373 g/mol. The molecule has 0 bridgehead atoms. The van der Waals surface area contributed by atoms with E-state index in [9.17, 15) is 14.0 Å². The molecule has 6 heteroatoms. The van der Waals surface area contributed by atoms with Gasteiger partial charge in [0.05, 0.1) is 6.42 Å². The maximum atomic E-state index is 15.0. The van der Waals surface area contributed by atoms with Crippen LogP contribution in [-0.4, -0.2) is 28.2 Å². The Labute approximate surface area is 170 Å². The molecule has 1 fully saturated rings. The lowest BCUT2D eigenvalue weighted by molar-refractivity contribution is -0.167. The Kier molecular flexibility index (Phi) is 6.01. The molecule has 0 radical (unpaired) electrons. The third-order valence-corrected chi connectivity index (χ3v) is 4.79. The van der Waals surface area contributed by atoms with Crippen molar-refractivity contribution in [3.05, 3.63) is 65.5 Å². The normalized spacial score (nSPS) is 21.2. The van der Waals surface area contributed by atoms with Gasteiger partial charge in [0.1, 0.15) is 12.2 Å². The van der Waals surface area contributed by atoms with Gasteiger partial charge in [-0.3, -0.25) is 9.78 Å². The van der Waals surface area contributed by atoms with Gasteiger partial charge in [0.25, 0.3) is 0 Å². The fourth-order valence-corrected chi connectivity index (χ4v) is 3.43. The van der Waals surface area contributed by atoms with Crippen LogP contribution in [0.3, 0.4) is 0 Å². The van der Waals surface area contributed by atoms with Crippen LogP contribution in [0.25, 0.3) is 0 Å². The summed E-state index contributed by atoms with van der Waals surface area (Å²) in [5.74, 6) is -1.44. The number of esters is 2. The Balaban J connectivity index is 1.60. The fourth-order valence-electron chi connectivity index (χ4n) is 3.43. The third-order valence-electron chi connectivity index (χ3n) is 4.79. The van der Waals surface area contributed by atoms with Gasteiger partial charge in [0, 0.05) is 30.7 Å². The number of nitrogens with zero attached hydrogens (tertiary/aromatic N) is 1. The van der Waals surface area contributed by atoms with E-state index in [4.69, 9.17) is 9.47 Å². The summed E-state index contributed by atoms with van der Waals surface area (Å²) in [5.41, 5.74) is -0.439. The quantitative estimate of drug-likeness (QED) is 0.678. The van der Waals surface area contributed by atoms with Crippen molar-refractivity contribution in [1.82, 2.24) is 4.98 Å². The number of carbonyl (C=O) groups is 2. The molecule has 0 amide bonds. The van der Waals surface area contributed by atoms with Gasteiger partial charge in [-0.05, 0) is 38.0 Å². The lowest BCUT2D eigenvalue weighted by atomic mass is 9.69. The van der Waals surface area contributed by atoms with Gasteiger partial charge < -0.3 is 9.47 Å². The van der Waals surface area contributed by atoms with Crippen LogP contribution in [0.15, 0.2) is 48.7 Å². The number of hydrogen-bond donors (Lipinski definition) is 0. The highest BCUT2D eigenvalue weighted by Gasteiger charge is 2.53. The minimum atomic E-state index is -2.01. The Hall–Kier alpha value is -2.76. The van der Waals surface area contributed by atoms with E-state index in [-0.39, 0.29) is 37.8 Å². The largest absolute Gasteiger partial charge is 0.460 e. The van der Waals surface area contributed by atoms with Crippen LogP contribution in [0.5, 0.6) is 0 Å². The molecule has 0 aliphatic heterocycles. The molecule has 1 heterocycles. The van der Waals surface area contributed by atoms with E-state index < -0.39 is 17.2 Å². The maximum absolute atomic E-state index is 15.0. The Morgan fingerprint density at radius 2 is 1.83 bits per heavy atom. The summed E-state index contributed by atoms with van der Waals surface area (Å²) < 4.78 is 25.5. The summed E-state index contributed by atoms with van der Waals surface area (Å²) in [6.07, 6.45) is 1.67. The van der Waals surface area contributed by atoms with Gasteiger partial charge >= 0.3 is 11.9 Å². The topological polar surface area (TPSA) is 65.5 Å². The molecule has 0 saturated heterocycles. The van der Waals surface area contributed by atoms with Crippen LogP contribution < -0.4 is 0 Å². The van der Waals surface area contributed by atoms with E-state index in [0.717, 1.165) is 5.56 Å². The number of benzene rings is 1. The first-order chi connectivity index (χ1) is 13.7. The van der Waals surface area contributed by atoms with Crippen molar-refractivity contribution >= 4 is 11.9 Å². The molecule has 0 unspecified atom stereocenters. The number of alkyl halides is 1. The first-order valence-corrected chi connectivity index (χ1v) is 9.72. The zero-order chi connectivity index (χ0) is 21.1. The number of aromatic nitrogens is 1. The van der Waals surface area contributed by atoms with Gasteiger partial charge in [0.15, 0.2) is 0 Å². The Morgan fingerprint density at radius 3 is 2.48 bits per heavy atom.